The maximum atomic E-state index is 6.28. The predicted octanol–water partition coefficient (Wildman–Crippen LogP) is 2.34. The van der Waals surface area contributed by atoms with Crippen LogP contribution in [0.25, 0.3) is 0 Å². The summed E-state index contributed by atoms with van der Waals surface area (Å²) in [6.07, 6.45) is 3.46. The van der Waals surface area contributed by atoms with Gasteiger partial charge in [0.05, 0.1) is 0 Å². The van der Waals surface area contributed by atoms with Crippen molar-refractivity contribution in [1.29, 1.82) is 0 Å². The standard InChI is InChI=1S/C14H22N2/c1-3-11-7-4-5-8-12(11)14-13(15)9-6-10-16(14)2/h4-5,7-8,13-14H,3,6,9-10,15H2,1-2H3. The first-order valence-corrected chi connectivity index (χ1v) is 6.27. The summed E-state index contributed by atoms with van der Waals surface area (Å²) in [7, 11) is 2.19. The van der Waals surface area contributed by atoms with E-state index < -0.39 is 0 Å². The third kappa shape index (κ3) is 2.13. The maximum absolute atomic E-state index is 6.28. The summed E-state index contributed by atoms with van der Waals surface area (Å²) in [5.41, 5.74) is 9.16. The van der Waals surface area contributed by atoms with E-state index >= 15 is 0 Å². The number of hydrogen-bond donors (Lipinski definition) is 1. The smallest absolute Gasteiger partial charge is 0.0499 e. The molecule has 0 saturated carbocycles. The van der Waals surface area contributed by atoms with Crippen LogP contribution < -0.4 is 5.73 Å². The van der Waals surface area contributed by atoms with E-state index in [4.69, 9.17) is 5.73 Å². The van der Waals surface area contributed by atoms with E-state index in [1.807, 2.05) is 0 Å². The molecule has 2 N–H and O–H groups in total. The number of hydrogen-bond acceptors (Lipinski definition) is 2. The highest BCUT2D eigenvalue weighted by atomic mass is 15.2. The van der Waals surface area contributed by atoms with Crippen LogP contribution in [0.1, 0.15) is 36.9 Å². The molecular formula is C14H22N2. The van der Waals surface area contributed by atoms with Gasteiger partial charge in [0.15, 0.2) is 0 Å². The Morgan fingerprint density at radius 2 is 2.12 bits per heavy atom. The Bertz CT molecular complexity index is 338. The van der Waals surface area contributed by atoms with Gasteiger partial charge >= 0.3 is 0 Å². The number of nitrogens with zero attached hydrogens (tertiary/aromatic N) is 1. The first-order chi connectivity index (χ1) is 7.74. The van der Waals surface area contributed by atoms with Crippen LogP contribution in [0.5, 0.6) is 0 Å². The molecule has 0 radical (unpaired) electrons. The van der Waals surface area contributed by atoms with Gasteiger partial charge in [0.2, 0.25) is 0 Å². The van der Waals surface area contributed by atoms with Crippen LogP contribution in [-0.2, 0) is 6.42 Å². The fourth-order valence-corrected chi connectivity index (χ4v) is 2.81. The van der Waals surface area contributed by atoms with Gasteiger partial charge in [-0.1, -0.05) is 31.2 Å². The van der Waals surface area contributed by atoms with Gasteiger partial charge in [-0.05, 0) is 44.0 Å². The number of likely N-dealkylation sites (N-methyl/N-ethyl adjacent to an activating group) is 1. The van der Waals surface area contributed by atoms with Crippen LogP contribution >= 0.6 is 0 Å². The molecule has 1 saturated heterocycles. The van der Waals surface area contributed by atoms with Crippen molar-refractivity contribution in [2.24, 2.45) is 5.73 Å². The van der Waals surface area contributed by atoms with Crippen LogP contribution in [0.4, 0.5) is 0 Å². The van der Waals surface area contributed by atoms with Crippen molar-refractivity contribution in [1.82, 2.24) is 4.90 Å². The number of aryl methyl sites for hydroxylation is 1. The quantitative estimate of drug-likeness (QED) is 0.825. The lowest BCUT2D eigenvalue weighted by Gasteiger charge is -2.38. The van der Waals surface area contributed by atoms with E-state index in [1.54, 1.807) is 0 Å². The minimum atomic E-state index is 0.284. The molecule has 0 spiro atoms. The summed E-state index contributed by atoms with van der Waals surface area (Å²) in [6.45, 7) is 3.38. The zero-order valence-electron chi connectivity index (χ0n) is 10.3. The molecule has 2 nitrogen and oxygen atoms in total. The lowest BCUT2D eigenvalue weighted by Crippen LogP contribution is -2.44. The highest BCUT2D eigenvalue weighted by Crippen LogP contribution is 2.31. The van der Waals surface area contributed by atoms with E-state index in [9.17, 15) is 0 Å². The Hall–Kier alpha value is -0.860. The summed E-state index contributed by atoms with van der Waals surface area (Å²) < 4.78 is 0. The molecule has 0 bridgehead atoms. The minimum absolute atomic E-state index is 0.284. The molecule has 1 fully saturated rings. The molecule has 0 aliphatic carbocycles. The molecule has 88 valence electrons. The Labute approximate surface area is 98.4 Å². The summed E-state index contributed by atoms with van der Waals surface area (Å²) >= 11 is 0. The summed E-state index contributed by atoms with van der Waals surface area (Å²) in [6, 6.07) is 9.41. The van der Waals surface area contributed by atoms with Crippen molar-refractivity contribution in [3.8, 4) is 0 Å². The monoisotopic (exact) mass is 218 g/mol. The molecule has 2 rings (SSSR count). The summed E-state index contributed by atoms with van der Waals surface area (Å²) in [5, 5.41) is 0. The molecule has 2 heteroatoms. The second-order valence-electron chi connectivity index (χ2n) is 4.78. The lowest BCUT2D eigenvalue weighted by molar-refractivity contribution is 0.162. The first kappa shape index (κ1) is 11.6. The third-order valence-electron chi connectivity index (χ3n) is 3.68. The predicted molar refractivity (Wildman–Crippen MR) is 68.4 cm³/mol. The first-order valence-electron chi connectivity index (χ1n) is 6.27. The third-order valence-corrected chi connectivity index (χ3v) is 3.68. The number of rotatable bonds is 2. The molecule has 0 amide bonds. The largest absolute Gasteiger partial charge is 0.326 e. The van der Waals surface area contributed by atoms with Gasteiger partial charge in [0.1, 0.15) is 0 Å². The molecule has 1 aromatic rings. The maximum Gasteiger partial charge on any atom is 0.0499 e. The minimum Gasteiger partial charge on any atom is -0.326 e. The number of nitrogens with two attached hydrogens (primary N) is 1. The van der Waals surface area contributed by atoms with E-state index in [1.165, 1.54) is 17.5 Å². The highest BCUT2D eigenvalue weighted by molar-refractivity contribution is 5.31. The van der Waals surface area contributed by atoms with E-state index in [-0.39, 0.29) is 6.04 Å². The van der Waals surface area contributed by atoms with Crippen LogP contribution in [-0.4, -0.2) is 24.5 Å². The summed E-state index contributed by atoms with van der Waals surface area (Å²) in [5.74, 6) is 0. The van der Waals surface area contributed by atoms with Gasteiger partial charge in [0, 0.05) is 12.1 Å². The van der Waals surface area contributed by atoms with E-state index in [0.29, 0.717) is 6.04 Å². The van der Waals surface area contributed by atoms with Gasteiger partial charge in [-0.25, -0.2) is 0 Å². The highest BCUT2D eigenvalue weighted by Gasteiger charge is 2.28. The Morgan fingerprint density at radius 1 is 1.38 bits per heavy atom. The van der Waals surface area contributed by atoms with Gasteiger partial charge in [-0.15, -0.1) is 0 Å². The normalized spacial score (nSPS) is 26.9. The molecule has 16 heavy (non-hydrogen) atoms. The molecule has 2 atom stereocenters. The van der Waals surface area contributed by atoms with Gasteiger partial charge in [-0.2, -0.15) is 0 Å². The van der Waals surface area contributed by atoms with Gasteiger partial charge < -0.3 is 5.73 Å². The van der Waals surface area contributed by atoms with Crippen molar-refractivity contribution in [2.75, 3.05) is 13.6 Å². The van der Waals surface area contributed by atoms with Crippen LogP contribution in [0.2, 0.25) is 0 Å². The zero-order valence-corrected chi connectivity index (χ0v) is 10.3. The van der Waals surface area contributed by atoms with Crippen LogP contribution in [0, 0.1) is 0 Å². The Balaban J connectivity index is 2.33. The van der Waals surface area contributed by atoms with Crippen LogP contribution in [0.15, 0.2) is 24.3 Å². The SMILES string of the molecule is CCc1ccccc1C1C(N)CCCN1C. The topological polar surface area (TPSA) is 29.3 Å². The van der Waals surface area contributed by atoms with Crippen molar-refractivity contribution >= 4 is 0 Å². The Kier molecular flexibility index (Phi) is 3.62. The van der Waals surface area contributed by atoms with Crippen molar-refractivity contribution in [3.63, 3.8) is 0 Å². The number of benzene rings is 1. The number of piperidine rings is 1. The van der Waals surface area contributed by atoms with Gasteiger partial charge in [-0.3, -0.25) is 4.90 Å². The molecule has 1 aliphatic heterocycles. The molecule has 1 aromatic carbocycles. The fourth-order valence-electron chi connectivity index (χ4n) is 2.81. The zero-order chi connectivity index (χ0) is 11.5. The Morgan fingerprint density at radius 3 is 2.81 bits per heavy atom. The summed E-state index contributed by atoms with van der Waals surface area (Å²) in [4.78, 5) is 2.41. The van der Waals surface area contributed by atoms with E-state index in [2.05, 4.69) is 43.1 Å². The average Bonchev–Trinajstić information content (AvgIpc) is 2.29. The van der Waals surface area contributed by atoms with Crippen molar-refractivity contribution in [2.45, 2.75) is 38.3 Å². The van der Waals surface area contributed by atoms with Gasteiger partial charge in [0.25, 0.3) is 0 Å². The average molecular weight is 218 g/mol. The molecule has 1 heterocycles. The molecule has 0 aromatic heterocycles. The lowest BCUT2D eigenvalue weighted by atomic mass is 9.88. The fraction of sp³-hybridized carbons (Fsp3) is 0.571. The van der Waals surface area contributed by atoms with Crippen molar-refractivity contribution < 1.29 is 0 Å². The molecular weight excluding hydrogens is 196 g/mol. The second-order valence-corrected chi connectivity index (χ2v) is 4.78. The van der Waals surface area contributed by atoms with E-state index in [0.717, 1.165) is 19.4 Å². The molecule has 2 unspecified atom stereocenters. The van der Waals surface area contributed by atoms with Crippen molar-refractivity contribution in [3.05, 3.63) is 35.4 Å². The molecule has 1 aliphatic rings. The number of likely N-dealkylation sites (tertiary alicyclic amines) is 1. The van der Waals surface area contributed by atoms with Crippen LogP contribution in [0.3, 0.4) is 0 Å². The second kappa shape index (κ2) is 4.98.